The number of anilines is 1. The van der Waals surface area contributed by atoms with Crippen LogP contribution in [0.1, 0.15) is 48.2 Å². The highest BCUT2D eigenvalue weighted by Crippen LogP contribution is 2.38. The highest BCUT2D eigenvalue weighted by Gasteiger charge is 2.36. The van der Waals surface area contributed by atoms with Crippen LogP contribution in [0.3, 0.4) is 0 Å². The lowest BCUT2D eigenvalue weighted by molar-refractivity contribution is -0.138. The average molecular weight is 329 g/mol. The van der Waals surface area contributed by atoms with Crippen molar-refractivity contribution in [3.05, 3.63) is 28.8 Å². The van der Waals surface area contributed by atoms with E-state index < -0.39 is 23.9 Å². The maximum Gasteiger partial charge on any atom is 0.416 e. The highest BCUT2D eigenvalue weighted by molar-refractivity contribution is 6.06. The van der Waals surface area contributed by atoms with Crippen molar-refractivity contribution in [2.75, 3.05) is 11.4 Å². The number of Topliss-reactive ketones (excluding diaryl/α,β-unsaturated/α-hetero) is 1. The first kappa shape index (κ1) is 17.3. The molecule has 0 unspecified atom stereocenters. The number of halogens is 3. The SMILES string of the molecule is Cc1cc2c(cc1C(F)(F)F)N(C(=O)OC(C)C)CCCC2=O. The van der Waals surface area contributed by atoms with Crippen LogP contribution in [0.5, 0.6) is 0 Å². The van der Waals surface area contributed by atoms with Gasteiger partial charge in [0.05, 0.1) is 17.4 Å². The van der Waals surface area contributed by atoms with Gasteiger partial charge in [-0.2, -0.15) is 13.2 Å². The summed E-state index contributed by atoms with van der Waals surface area (Å²) in [6.45, 7) is 4.75. The number of ketones is 1. The lowest BCUT2D eigenvalue weighted by Gasteiger charge is -2.24. The maximum absolute atomic E-state index is 13.1. The molecule has 23 heavy (non-hydrogen) atoms. The van der Waals surface area contributed by atoms with Crippen molar-refractivity contribution in [1.29, 1.82) is 0 Å². The lowest BCUT2D eigenvalue weighted by atomic mass is 9.99. The van der Waals surface area contributed by atoms with Gasteiger partial charge in [0.1, 0.15) is 0 Å². The van der Waals surface area contributed by atoms with E-state index in [0.717, 1.165) is 11.0 Å². The van der Waals surface area contributed by atoms with E-state index in [4.69, 9.17) is 4.74 Å². The number of fused-ring (bicyclic) bond motifs is 1. The van der Waals surface area contributed by atoms with Crippen LogP contribution in [0, 0.1) is 6.92 Å². The summed E-state index contributed by atoms with van der Waals surface area (Å²) in [6, 6.07) is 2.08. The Hall–Kier alpha value is -2.05. The molecule has 0 radical (unpaired) electrons. The second-order valence-electron chi connectivity index (χ2n) is 5.79. The summed E-state index contributed by atoms with van der Waals surface area (Å²) in [4.78, 5) is 25.5. The molecule has 0 spiro atoms. The third-order valence-electron chi connectivity index (χ3n) is 3.58. The number of alkyl halides is 3. The Balaban J connectivity index is 2.57. The molecule has 1 aliphatic rings. The highest BCUT2D eigenvalue weighted by atomic mass is 19.4. The van der Waals surface area contributed by atoms with Gasteiger partial charge in [0.2, 0.25) is 0 Å². The van der Waals surface area contributed by atoms with Crippen molar-refractivity contribution in [2.45, 2.75) is 45.9 Å². The summed E-state index contributed by atoms with van der Waals surface area (Å²) < 4.78 is 44.5. The molecule has 0 bridgehead atoms. The van der Waals surface area contributed by atoms with Crippen molar-refractivity contribution in [3.63, 3.8) is 0 Å². The molecule has 0 saturated carbocycles. The first-order valence-electron chi connectivity index (χ1n) is 7.34. The topological polar surface area (TPSA) is 46.6 Å². The summed E-state index contributed by atoms with van der Waals surface area (Å²) in [5.74, 6) is -0.267. The van der Waals surface area contributed by atoms with Crippen LogP contribution < -0.4 is 4.90 Å². The van der Waals surface area contributed by atoms with E-state index in [9.17, 15) is 22.8 Å². The number of benzene rings is 1. The van der Waals surface area contributed by atoms with Gasteiger partial charge in [-0.05, 0) is 44.9 Å². The second kappa shape index (κ2) is 6.22. The van der Waals surface area contributed by atoms with E-state index in [2.05, 4.69) is 0 Å². The van der Waals surface area contributed by atoms with Crippen LogP contribution in [0.25, 0.3) is 0 Å². The van der Waals surface area contributed by atoms with Gasteiger partial charge in [0, 0.05) is 18.5 Å². The number of carbonyl (C=O) groups excluding carboxylic acids is 2. The molecule has 1 aromatic rings. The largest absolute Gasteiger partial charge is 0.446 e. The summed E-state index contributed by atoms with van der Waals surface area (Å²) in [5.41, 5.74) is -0.790. The number of rotatable bonds is 1. The van der Waals surface area contributed by atoms with Crippen molar-refractivity contribution >= 4 is 17.6 Å². The Kier molecular flexibility index (Phi) is 4.68. The third-order valence-corrected chi connectivity index (χ3v) is 3.58. The van der Waals surface area contributed by atoms with Crippen LogP contribution in [0.4, 0.5) is 23.7 Å². The van der Waals surface area contributed by atoms with Gasteiger partial charge < -0.3 is 4.74 Å². The number of amides is 1. The van der Waals surface area contributed by atoms with Crippen molar-refractivity contribution in [3.8, 4) is 0 Å². The van der Waals surface area contributed by atoms with Crippen molar-refractivity contribution < 1.29 is 27.5 Å². The molecule has 1 amide bonds. The number of hydrogen-bond acceptors (Lipinski definition) is 3. The standard InChI is InChI=1S/C16H18F3NO3/c1-9(2)23-15(22)20-6-4-5-14(21)11-7-10(3)12(8-13(11)20)16(17,18)19/h7-9H,4-6H2,1-3H3. The average Bonchev–Trinajstić information content (AvgIpc) is 2.56. The lowest BCUT2D eigenvalue weighted by Crippen LogP contribution is -2.34. The smallest absolute Gasteiger partial charge is 0.416 e. The second-order valence-corrected chi connectivity index (χ2v) is 5.79. The monoisotopic (exact) mass is 329 g/mol. The van der Waals surface area contributed by atoms with Gasteiger partial charge in [0.25, 0.3) is 0 Å². The molecule has 0 aliphatic carbocycles. The van der Waals surface area contributed by atoms with Gasteiger partial charge >= 0.3 is 12.3 Å². The molecule has 1 heterocycles. The first-order valence-corrected chi connectivity index (χ1v) is 7.34. The Morgan fingerprint density at radius 3 is 2.52 bits per heavy atom. The zero-order chi connectivity index (χ0) is 17.4. The van der Waals surface area contributed by atoms with E-state index in [-0.39, 0.29) is 35.6 Å². The number of carbonyl (C=O) groups is 2. The normalized spacial score (nSPS) is 15.4. The molecule has 4 nitrogen and oxygen atoms in total. The number of ether oxygens (including phenoxy) is 1. The minimum absolute atomic E-state index is 0.0314. The molecular formula is C16H18F3NO3. The van der Waals surface area contributed by atoms with Crippen LogP contribution in [0.2, 0.25) is 0 Å². The van der Waals surface area contributed by atoms with E-state index in [1.165, 1.54) is 13.0 Å². The number of nitrogens with zero attached hydrogens (tertiary/aromatic N) is 1. The van der Waals surface area contributed by atoms with Crippen LogP contribution in [-0.2, 0) is 10.9 Å². The van der Waals surface area contributed by atoms with Crippen LogP contribution in [0.15, 0.2) is 12.1 Å². The molecule has 1 aliphatic heterocycles. The van der Waals surface area contributed by atoms with Crippen molar-refractivity contribution in [2.24, 2.45) is 0 Å². The molecule has 7 heteroatoms. The molecule has 0 atom stereocenters. The van der Waals surface area contributed by atoms with Crippen LogP contribution in [-0.4, -0.2) is 24.5 Å². The van der Waals surface area contributed by atoms with Crippen LogP contribution >= 0.6 is 0 Å². The zero-order valence-electron chi connectivity index (χ0n) is 13.2. The quantitative estimate of drug-likeness (QED) is 0.770. The summed E-state index contributed by atoms with van der Waals surface area (Å²) >= 11 is 0. The first-order chi connectivity index (χ1) is 10.6. The molecule has 1 aromatic carbocycles. The Bertz CT molecular complexity index is 638. The van der Waals surface area contributed by atoms with Gasteiger partial charge in [-0.15, -0.1) is 0 Å². The van der Waals surface area contributed by atoms with E-state index >= 15 is 0 Å². The molecule has 126 valence electrons. The molecule has 2 rings (SSSR count). The molecule has 0 aromatic heterocycles. The van der Waals surface area contributed by atoms with E-state index in [0.29, 0.717) is 6.42 Å². The number of hydrogen-bond donors (Lipinski definition) is 0. The van der Waals surface area contributed by atoms with E-state index in [1.54, 1.807) is 13.8 Å². The minimum Gasteiger partial charge on any atom is -0.446 e. The fourth-order valence-corrected chi connectivity index (χ4v) is 2.56. The van der Waals surface area contributed by atoms with Gasteiger partial charge in [-0.1, -0.05) is 0 Å². The third kappa shape index (κ3) is 3.65. The van der Waals surface area contributed by atoms with Crippen molar-refractivity contribution in [1.82, 2.24) is 0 Å². The predicted molar refractivity (Wildman–Crippen MR) is 78.7 cm³/mol. The Morgan fingerprint density at radius 2 is 1.96 bits per heavy atom. The fourth-order valence-electron chi connectivity index (χ4n) is 2.56. The predicted octanol–water partition coefficient (Wildman–Crippen LogP) is 4.34. The fraction of sp³-hybridized carbons (Fsp3) is 0.500. The summed E-state index contributed by atoms with van der Waals surface area (Å²) in [6.07, 6.45) is -5.14. The van der Waals surface area contributed by atoms with Gasteiger partial charge in [-0.25, -0.2) is 4.79 Å². The molecule has 0 N–H and O–H groups in total. The Morgan fingerprint density at radius 1 is 1.30 bits per heavy atom. The summed E-state index contributed by atoms with van der Waals surface area (Å²) in [5, 5.41) is 0. The van der Waals surface area contributed by atoms with E-state index in [1.807, 2.05) is 0 Å². The minimum atomic E-state index is -4.55. The molecule has 0 fully saturated rings. The molecular weight excluding hydrogens is 311 g/mol. The summed E-state index contributed by atoms with van der Waals surface area (Å²) in [7, 11) is 0. The Labute approximate surface area is 132 Å². The maximum atomic E-state index is 13.1. The number of aryl methyl sites for hydroxylation is 1. The van der Waals surface area contributed by atoms with Gasteiger partial charge in [0.15, 0.2) is 5.78 Å². The molecule has 0 saturated heterocycles. The zero-order valence-corrected chi connectivity index (χ0v) is 13.2. The van der Waals surface area contributed by atoms with Gasteiger partial charge in [-0.3, -0.25) is 9.69 Å².